The number of likely N-dealkylation sites (tertiary alicyclic amines) is 1. The Kier molecular flexibility index (Phi) is 4.70. The number of thiazole rings is 1. The molecule has 0 unspecified atom stereocenters. The number of carbonyl (C=O) groups excluding carboxylic acids is 1. The van der Waals surface area contributed by atoms with Crippen molar-refractivity contribution in [2.45, 2.75) is 19.4 Å². The van der Waals surface area contributed by atoms with Gasteiger partial charge in [-0.3, -0.25) is 9.69 Å². The predicted octanol–water partition coefficient (Wildman–Crippen LogP) is 2.58. The van der Waals surface area contributed by atoms with E-state index in [-0.39, 0.29) is 11.8 Å². The number of nitrogens with zero attached hydrogens (tertiary/aromatic N) is 2. The molecular formula is C16H20N4OS. The molecule has 0 radical (unpaired) electrons. The summed E-state index contributed by atoms with van der Waals surface area (Å²) in [6.45, 7) is 2.75. The lowest BCUT2D eigenvalue weighted by molar-refractivity contribution is -0.121. The number of benzene rings is 1. The molecule has 2 heterocycles. The average Bonchev–Trinajstić information content (AvgIpc) is 2.94. The molecule has 1 aliphatic heterocycles. The molecule has 1 amide bonds. The molecule has 0 bridgehead atoms. The average molecular weight is 316 g/mol. The van der Waals surface area contributed by atoms with E-state index < -0.39 is 0 Å². The monoisotopic (exact) mass is 316 g/mol. The lowest BCUT2D eigenvalue weighted by Gasteiger charge is -2.30. The van der Waals surface area contributed by atoms with E-state index in [0.717, 1.165) is 38.2 Å². The molecule has 0 atom stereocenters. The number of amides is 1. The summed E-state index contributed by atoms with van der Waals surface area (Å²) < 4.78 is 0. The minimum Gasteiger partial charge on any atom is -0.375 e. The van der Waals surface area contributed by atoms with Crippen molar-refractivity contribution in [1.82, 2.24) is 9.88 Å². The quantitative estimate of drug-likeness (QED) is 0.909. The summed E-state index contributed by atoms with van der Waals surface area (Å²) in [5, 5.41) is 3.62. The summed E-state index contributed by atoms with van der Waals surface area (Å²) >= 11 is 1.54. The Morgan fingerprint density at radius 3 is 2.68 bits per heavy atom. The smallest absolute Gasteiger partial charge is 0.227 e. The number of anilines is 2. The van der Waals surface area contributed by atoms with E-state index in [1.54, 1.807) is 0 Å². The largest absolute Gasteiger partial charge is 0.375 e. The molecule has 0 spiro atoms. The van der Waals surface area contributed by atoms with Crippen molar-refractivity contribution in [3.8, 4) is 0 Å². The number of nitrogens with two attached hydrogens (primary N) is 1. The van der Waals surface area contributed by atoms with Gasteiger partial charge in [-0.25, -0.2) is 4.98 Å². The van der Waals surface area contributed by atoms with Crippen LogP contribution in [0.2, 0.25) is 0 Å². The van der Waals surface area contributed by atoms with Crippen LogP contribution in [0, 0.1) is 5.92 Å². The molecule has 0 saturated carbocycles. The number of para-hydroxylation sites is 1. The zero-order valence-electron chi connectivity index (χ0n) is 12.4. The van der Waals surface area contributed by atoms with Crippen LogP contribution in [0.4, 0.5) is 10.8 Å². The number of piperidine rings is 1. The van der Waals surface area contributed by atoms with Gasteiger partial charge in [-0.15, -0.1) is 11.3 Å². The fourth-order valence-electron chi connectivity index (χ4n) is 2.74. The molecule has 2 aromatic rings. The number of aromatic nitrogens is 1. The fraction of sp³-hybridized carbons (Fsp3) is 0.375. The standard InChI is InChI=1S/C16H20N4OS/c17-16-18-10-14(22-16)11-20-8-6-12(7-9-20)15(21)19-13-4-2-1-3-5-13/h1-5,10,12H,6-9,11H2,(H2,17,18)(H,19,21). The molecule has 0 aliphatic carbocycles. The third-order valence-corrected chi connectivity index (χ3v) is 4.76. The van der Waals surface area contributed by atoms with Crippen molar-refractivity contribution in [2.24, 2.45) is 5.92 Å². The number of nitrogen functional groups attached to an aromatic ring is 1. The lowest BCUT2D eigenvalue weighted by Crippen LogP contribution is -2.37. The first-order valence-corrected chi connectivity index (χ1v) is 8.31. The molecule has 1 fully saturated rings. The molecule has 1 aliphatic rings. The van der Waals surface area contributed by atoms with E-state index in [4.69, 9.17) is 5.73 Å². The van der Waals surface area contributed by atoms with Gasteiger partial charge in [-0.05, 0) is 38.1 Å². The van der Waals surface area contributed by atoms with Gasteiger partial charge in [-0.2, -0.15) is 0 Å². The van der Waals surface area contributed by atoms with E-state index in [1.165, 1.54) is 16.2 Å². The SMILES string of the molecule is Nc1ncc(CN2CCC(C(=O)Nc3ccccc3)CC2)s1. The van der Waals surface area contributed by atoms with Crippen molar-refractivity contribution >= 4 is 28.1 Å². The summed E-state index contributed by atoms with van der Waals surface area (Å²) in [6.07, 6.45) is 3.63. The molecule has 3 rings (SSSR count). The molecule has 1 saturated heterocycles. The van der Waals surface area contributed by atoms with Crippen molar-refractivity contribution < 1.29 is 4.79 Å². The highest BCUT2D eigenvalue weighted by molar-refractivity contribution is 7.15. The Hall–Kier alpha value is -1.92. The molecule has 1 aromatic heterocycles. The second-order valence-electron chi connectivity index (χ2n) is 5.57. The topological polar surface area (TPSA) is 71.2 Å². The highest BCUT2D eigenvalue weighted by Gasteiger charge is 2.25. The summed E-state index contributed by atoms with van der Waals surface area (Å²) in [4.78, 5) is 19.9. The molecule has 6 heteroatoms. The molecule has 22 heavy (non-hydrogen) atoms. The van der Waals surface area contributed by atoms with Crippen LogP contribution in [0.3, 0.4) is 0 Å². The summed E-state index contributed by atoms with van der Waals surface area (Å²) in [7, 11) is 0. The van der Waals surface area contributed by atoms with E-state index in [1.807, 2.05) is 36.5 Å². The molecule has 5 nitrogen and oxygen atoms in total. The van der Waals surface area contributed by atoms with E-state index >= 15 is 0 Å². The maximum Gasteiger partial charge on any atom is 0.227 e. The summed E-state index contributed by atoms with van der Waals surface area (Å²) in [6, 6.07) is 9.64. The second kappa shape index (κ2) is 6.89. The van der Waals surface area contributed by atoms with Gasteiger partial charge >= 0.3 is 0 Å². The molecule has 3 N–H and O–H groups in total. The van der Waals surface area contributed by atoms with Gasteiger partial charge < -0.3 is 11.1 Å². The van der Waals surface area contributed by atoms with Crippen molar-refractivity contribution in [1.29, 1.82) is 0 Å². The highest BCUT2D eigenvalue weighted by Crippen LogP contribution is 2.23. The first kappa shape index (κ1) is 15.0. The van der Waals surface area contributed by atoms with Gasteiger partial charge in [0.15, 0.2) is 5.13 Å². The van der Waals surface area contributed by atoms with Crippen LogP contribution in [0.25, 0.3) is 0 Å². The second-order valence-corrected chi connectivity index (χ2v) is 6.72. The van der Waals surface area contributed by atoms with Crippen LogP contribution >= 0.6 is 11.3 Å². The van der Waals surface area contributed by atoms with Gasteiger partial charge in [0, 0.05) is 29.2 Å². The van der Waals surface area contributed by atoms with E-state index in [9.17, 15) is 4.79 Å². The molecular weight excluding hydrogens is 296 g/mol. The minimum absolute atomic E-state index is 0.1000. The van der Waals surface area contributed by atoms with Gasteiger partial charge in [0.1, 0.15) is 0 Å². The van der Waals surface area contributed by atoms with Gasteiger partial charge in [-0.1, -0.05) is 18.2 Å². The third-order valence-electron chi connectivity index (χ3n) is 3.95. The van der Waals surface area contributed by atoms with Crippen LogP contribution < -0.4 is 11.1 Å². The maximum absolute atomic E-state index is 12.3. The van der Waals surface area contributed by atoms with Crippen LogP contribution in [0.1, 0.15) is 17.7 Å². The fourth-order valence-corrected chi connectivity index (χ4v) is 3.46. The maximum atomic E-state index is 12.3. The van der Waals surface area contributed by atoms with Crippen molar-refractivity contribution in [3.05, 3.63) is 41.4 Å². The molecule has 116 valence electrons. The van der Waals surface area contributed by atoms with Crippen molar-refractivity contribution in [2.75, 3.05) is 24.1 Å². The Morgan fingerprint density at radius 2 is 2.05 bits per heavy atom. The Labute approximate surface area is 134 Å². The third kappa shape index (κ3) is 3.84. The van der Waals surface area contributed by atoms with Crippen molar-refractivity contribution in [3.63, 3.8) is 0 Å². The number of carbonyl (C=O) groups is 1. The normalized spacial score (nSPS) is 16.5. The summed E-state index contributed by atoms with van der Waals surface area (Å²) in [5.41, 5.74) is 6.53. The van der Waals surface area contributed by atoms with Crippen LogP contribution in [-0.2, 0) is 11.3 Å². The number of nitrogens with one attached hydrogen (secondary N) is 1. The number of rotatable bonds is 4. The van der Waals surface area contributed by atoms with Crippen LogP contribution in [-0.4, -0.2) is 28.9 Å². The Bertz CT molecular complexity index is 620. The first-order valence-electron chi connectivity index (χ1n) is 7.49. The van der Waals surface area contributed by atoms with E-state index in [0.29, 0.717) is 5.13 Å². The number of hydrogen-bond acceptors (Lipinski definition) is 5. The molecule has 1 aromatic carbocycles. The summed E-state index contributed by atoms with van der Waals surface area (Å²) in [5.74, 6) is 0.232. The Morgan fingerprint density at radius 1 is 1.32 bits per heavy atom. The lowest BCUT2D eigenvalue weighted by atomic mass is 9.96. The van der Waals surface area contributed by atoms with Gasteiger partial charge in [0.25, 0.3) is 0 Å². The van der Waals surface area contributed by atoms with E-state index in [2.05, 4.69) is 15.2 Å². The van der Waals surface area contributed by atoms with Gasteiger partial charge in [0.05, 0.1) is 0 Å². The minimum atomic E-state index is 0.1000. The zero-order valence-corrected chi connectivity index (χ0v) is 13.2. The predicted molar refractivity (Wildman–Crippen MR) is 89.6 cm³/mol. The Balaban J connectivity index is 1.48. The zero-order chi connectivity index (χ0) is 15.4. The highest BCUT2D eigenvalue weighted by atomic mass is 32.1. The van der Waals surface area contributed by atoms with Gasteiger partial charge in [0.2, 0.25) is 5.91 Å². The number of hydrogen-bond donors (Lipinski definition) is 2. The van der Waals surface area contributed by atoms with Crippen LogP contribution in [0.5, 0.6) is 0 Å². The first-order chi connectivity index (χ1) is 10.7. The van der Waals surface area contributed by atoms with Crippen LogP contribution in [0.15, 0.2) is 36.5 Å².